The second-order valence-electron chi connectivity index (χ2n) is 6.88. The number of nitrogens with one attached hydrogen (secondary N) is 1. The van der Waals surface area contributed by atoms with Gasteiger partial charge >= 0.3 is 0 Å². The number of carbonyl (C=O) groups excluding carboxylic acids is 1. The fraction of sp³-hybridized carbons (Fsp3) is 0.611. The summed E-state index contributed by atoms with van der Waals surface area (Å²) in [5, 5.41) is 7.36. The maximum absolute atomic E-state index is 12.5. The van der Waals surface area contributed by atoms with E-state index in [1.54, 1.807) is 10.7 Å². The van der Waals surface area contributed by atoms with Crippen molar-refractivity contribution in [1.29, 1.82) is 0 Å². The lowest BCUT2D eigenvalue weighted by molar-refractivity contribution is 0.0949. The van der Waals surface area contributed by atoms with Crippen molar-refractivity contribution in [2.45, 2.75) is 26.8 Å². The van der Waals surface area contributed by atoms with Gasteiger partial charge in [0.25, 0.3) is 5.91 Å². The van der Waals surface area contributed by atoms with E-state index < -0.39 is 0 Å². The van der Waals surface area contributed by atoms with Gasteiger partial charge in [-0.3, -0.25) is 9.69 Å². The number of hydrogen-bond acceptors (Lipinski definition) is 5. The number of nitrogens with zero attached hydrogens (tertiary/aromatic N) is 5. The third-order valence-corrected chi connectivity index (χ3v) is 5.00. The fourth-order valence-corrected chi connectivity index (χ4v) is 3.39. The maximum atomic E-state index is 12.5. The SMILES string of the molecule is CCN(CC)Cc1cnc2c(C(=O)NC[C@H]3CCN(C)C3)cnn2c1. The summed E-state index contributed by atoms with van der Waals surface area (Å²) < 4.78 is 1.71. The van der Waals surface area contributed by atoms with Gasteiger partial charge in [-0.15, -0.1) is 0 Å². The van der Waals surface area contributed by atoms with E-state index in [0.717, 1.165) is 44.7 Å². The smallest absolute Gasteiger partial charge is 0.256 e. The van der Waals surface area contributed by atoms with Crippen LogP contribution in [0.3, 0.4) is 0 Å². The van der Waals surface area contributed by atoms with Crippen LogP contribution in [-0.2, 0) is 6.54 Å². The second kappa shape index (κ2) is 7.93. The highest BCUT2D eigenvalue weighted by Gasteiger charge is 2.21. The standard InChI is InChI=1S/C18H28N6O/c1-4-23(5-2)12-15-9-19-17-16(10-21-24(17)13-15)18(25)20-8-14-6-7-22(3)11-14/h9-10,13-14H,4-8,11-12H2,1-3H3,(H,20,25)/t14-/m1/s1. The number of carbonyl (C=O) groups is 1. The van der Waals surface area contributed by atoms with Crippen LogP contribution in [0.1, 0.15) is 36.2 Å². The molecule has 1 amide bonds. The van der Waals surface area contributed by atoms with Crippen LogP contribution in [0.5, 0.6) is 0 Å². The van der Waals surface area contributed by atoms with Crippen LogP contribution in [0.25, 0.3) is 5.65 Å². The predicted molar refractivity (Wildman–Crippen MR) is 97.5 cm³/mol. The summed E-state index contributed by atoms with van der Waals surface area (Å²) >= 11 is 0. The number of likely N-dealkylation sites (tertiary alicyclic amines) is 1. The van der Waals surface area contributed by atoms with Crippen molar-refractivity contribution < 1.29 is 4.79 Å². The summed E-state index contributed by atoms with van der Waals surface area (Å²) in [5.74, 6) is 0.443. The molecular weight excluding hydrogens is 316 g/mol. The van der Waals surface area contributed by atoms with Gasteiger partial charge in [-0.2, -0.15) is 5.10 Å². The molecule has 1 fully saturated rings. The van der Waals surface area contributed by atoms with E-state index in [0.29, 0.717) is 23.7 Å². The van der Waals surface area contributed by atoms with Crippen LogP contribution >= 0.6 is 0 Å². The third kappa shape index (κ3) is 4.16. The van der Waals surface area contributed by atoms with Crippen molar-refractivity contribution in [3.8, 4) is 0 Å². The van der Waals surface area contributed by atoms with Gasteiger partial charge in [-0.05, 0) is 39.0 Å². The molecule has 1 N–H and O–H groups in total. The molecule has 7 heteroatoms. The van der Waals surface area contributed by atoms with Gasteiger partial charge in [0.05, 0.1) is 6.20 Å². The zero-order valence-corrected chi connectivity index (χ0v) is 15.4. The summed E-state index contributed by atoms with van der Waals surface area (Å²) in [6, 6.07) is 0. The monoisotopic (exact) mass is 344 g/mol. The van der Waals surface area contributed by atoms with Crippen LogP contribution in [-0.4, -0.2) is 70.1 Å². The Morgan fingerprint density at radius 3 is 2.84 bits per heavy atom. The molecule has 1 saturated heterocycles. The molecule has 3 heterocycles. The van der Waals surface area contributed by atoms with Gasteiger partial charge < -0.3 is 10.2 Å². The van der Waals surface area contributed by atoms with Crippen molar-refractivity contribution in [3.05, 3.63) is 29.7 Å². The summed E-state index contributed by atoms with van der Waals surface area (Å²) in [5.41, 5.74) is 2.25. The molecule has 0 radical (unpaired) electrons. The zero-order chi connectivity index (χ0) is 17.8. The Labute approximate surface area is 149 Å². The normalized spacial score (nSPS) is 18.3. The molecule has 2 aromatic rings. The van der Waals surface area contributed by atoms with E-state index >= 15 is 0 Å². The number of rotatable bonds is 7. The van der Waals surface area contributed by atoms with Crippen LogP contribution < -0.4 is 5.32 Å². The van der Waals surface area contributed by atoms with Crippen molar-refractivity contribution in [1.82, 2.24) is 29.7 Å². The van der Waals surface area contributed by atoms with Crippen molar-refractivity contribution in [2.75, 3.05) is 39.8 Å². The molecule has 25 heavy (non-hydrogen) atoms. The van der Waals surface area contributed by atoms with E-state index in [2.05, 4.69) is 46.1 Å². The first-order valence-corrected chi connectivity index (χ1v) is 9.12. The van der Waals surface area contributed by atoms with Gasteiger partial charge in [-0.25, -0.2) is 9.50 Å². The molecule has 1 aliphatic rings. The second-order valence-corrected chi connectivity index (χ2v) is 6.88. The summed E-state index contributed by atoms with van der Waals surface area (Å²) in [4.78, 5) is 21.6. The number of hydrogen-bond donors (Lipinski definition) is 1. The molecule has 0 unspecified atom stereocenters. The number of amides is 1. The maximum Gasteiger partial charge on any atom is 0.256 e. The molecule has 1 aliphatic heterocycles. The summed E-state index contributed by atoms with van der Waals surface area (Å²) in [7, 11) is 2.12. The average molecular weight is 344 g/mol. The van der Waals surface area contributed by atoms with Gasteiger partial charge in [0, 0.05) is 37.6 Å². The lowest BCUT2D eigenvalue weighted by Gasteiger charge is -2.17. The molecule has 7 nitrogen and oxygen atoms in total. The largest absolute Gasteiger partial charge is 0.352 e. The topological polar surface area (TPSA) is 65.8 Å². The third-order valence-electron chi connectivity index (χ3n) is 5.00. The van der Waals surface area contributed by atoms with Gasteiger partial charge in [0.1, 0.15) is 5.56 Å². The number of aromatic nitrogens is 3. The molecule has 0 aliphatic carbocycles. The minimum Gasteiger partial charge on any atom is -0.352 e. The van der Waals surface area contributed by atoms with E-state index in [1.165, 1.54) is 0 Å². The van der Waals surface area contributed by atoms with Gasteiger partial charge in [0.2, 0.25) is 0 Å². The zero-order valence-electron chi connectivity index (χ0n) is 15.4. The highest BCUT2D eigenvalue weighted by atomic mass is 16.1. The first kappa shape index (κ1) is 17.8. The average Bonchev–Trinajstić information content (AvgIpc) is 3.23. The Hall–Kier alpha value is -1.99. The Morgan fingerprint density at radius 2 is 2.16 bits per heavy atom. The molecule has 0 saturated carbocycles. The van der Waals surface area contributed by atoms with Gasteiger partial charge in [0.15, 0.2) is 5.65 Å². The fourth-order valence-electron chi connectivity index (χ4n) is 3.39. The van der Waals surface area contributed by atoms with Crippen LogP contribution in [0.4, 0.5) is 0 Å². The molecule has 0 spiro atoms. The van der Waals surface area contributed by atoms with Crippen LogP contribution in [0, 0.1) is 5.92 Å². The Kier molecular flexibility index (Phi) is 5.65. The number of fused-ring (bicyclic) bond motifs is 1. The molecule has 2 aromatic heterocycles. The molecule has 0 aromatic carbocycles. The minimum atomic E-state index is -0.0893. The molecule has 0 bridgehead atoms. The lowest BCUT2D eigenvalue weighted by atomic mass is 10.1. The molecule has 1 atom stereocenters. The van der Waals surface area contributed by atoms with E-state index in [1.807, 2.05) is 12.4 Å². The van der Waals surface area contributed by atoms with Crippen LogP contribution in [0.15, 0.2) is 18.6 Å². The molecule has 3 rings (SSSR count). The van der Waals surface area contributed by atoms with Crippen molar-refractivity contribution in [2.24, 2.45) is 5.92 Å². The van der Waals surface area contributed by atoms with Crippen molar-refractivity contribution in [3.63, 3.8) is 0 Å². The Morgan fingerprint density at radius 1 is 1.36 bits per heavy atom. The first-order valence-electron chi connectivity index (χ1n) is 9.12. The van der Waals surface area contributed by atoms with E-state index in [-0.39, 0.29) is 5.91 Å². The summed E-state index contributed by atoms with van der Waals surface area (Å²) in [6.45, 7) is 9.99. The predicted octanol–water partition coefficient (Wildman–Crippen LogP) is 1.25. The minimum absolute atomic E-state index is 0.0893. The highest BCUT2D eigenvalue weighted by molar-refractivity contribution is 5.99. The first-order chi connectivity index (χ1) is 12.1. The molecular formula is C18H28N6O. The van der Waals surface area contributed by atoms with Crippen LogP contribution in [0.2, 0.25) is 0 Å². The van der Waals surface area contributed by atoms with Crippen molar-refractivity contribution >= 4 is 11.6 Å². The molecule has 136 valence electrons. The van der Waals surface area contributed by atoms with E-state index in [9.17, 15) is 4.79 Å². The Bertz CT molecular complexity index is 723. The van der Waals surface area contributed by atoms with Gasteiger partial charge in [-0.1, -0.05) is 13.8 Å². The Balaban J connectivity index is 1.66. The quantitative estimate of drug-likeness (QED) is 0.819. The highest BCUT2D eigenvalue weighted by Crippen LogP contribution is 2.14. The van der Waals surface area contributed by atoms with E-state index in [4.69, 9.17) is 0 Å². The lowest BCUT2D eigenvalue weighted by Crippen LogP contribution is -2.30. The summed E-state index contributed by atoms with van der Waals surface area (Å²) in [6.07, 6.45) is 6.56.